The van der Waals surface area contributed by atoms with Crippen molar-refractivity contribution in [1.29, 1.82) is 0 Å². The van der Waals surface area contributed by atoms with Crippen LogP contribution in [-0.2, 0) is 9.84 Å². The second kappa shape index (κ2) is 4.43. The molecule has 0 N–H and O–H groups in total. The average Bonchev–Trinajstić information content (AvgIpc) is 2.04. The first-order chi connectivity index (χ1) is 5.94. The SMILES string of the molecule is Cc1cccc(S(=O)(=O)C(I)I)c1. The third kappa shape index (κ3) is 2.79. The van der Waals surface area contributed by atoms with Crippen molar-refractivity contribution in [2.75, 3.05) is 0 Å². The van der Waals surface area contributed by atoms with Gasteiger partial charge in [0.2, 0.25) is 0 Å². The normalized spacial score (nSPS) is 12.0. The van der Waals surface area contributed by atoms with Gasteiger partial charge in [-0.15, -0.1) is 0 Å². The minimum atomic E-state index is -3.13. The van der Waals surface area contributed by atoms with E-state index in [0.717, 1.165) is 5.56 Å². The minimum Gasteiger partial charge on any atom is -0.222 e. The smallest absolute Gasteiger partial charge is 0.199 e. The van der Waals surface area contributed by atoms with Crippen LogP contribution in [0.1, 0.15) is 5.56 Å². The number of hydrogen-bond donors (Lipinski definition) is 0. The molecule has 0 saturated carbocycles. The minimum absolute atomic E-state index is 0.404. The first-order valence-electron chi connectivity index (χ1n) is 3.53. The van der Waals surface area contributed by atoms with E-state index < -0.39 is 11.1 Å². The second-order valence-corrected chi connectivity index (χ2v) is 11.2. The molecule has 0 bridgehead atoms. The maximum absolute atomic E-state index is 11.7. The maximum Gasteiger partial charge on any atom is 0.199 e. The first kappa shape index (κ1) is 11.7. The van der Waals surface area contributed by atoms with E-state index in [-0.39, 0.29) is 0 Å². The number of alkyl halides is 2. The van der Waals surface area contributed by atoms with Gasteiger partial charge >= 0.3 is 0 Å². The van der Waals surface area contributed by atoms with E-state index in [1.807, 2.05) is 58.2 Å². The van der Waals surface area contributed by atoms with E-state index >= 15 is 0 Å². The summed E-state index contributed by atoms with van der Waals surface area (Å²) in [4.78, 5) is 0.404. The summed E-state index contributed by atoms with van der Waals surface area (Å²) in [6, 6.07) is 6.97. The zero-order chi connectivity index (χ0) is 10.1. The molecule has 0 aliphatic heterocycles. The van der Waals surface area contributed by atoms with Crippen molar-refractivity contribution in [2.24, 2.45) is 0 Å². The van der Waals surface area contributed by atoms with E-state index in [1.165, 1.54) is 0 Å². The fourth-order valence-corrected chi connectivity index (χ4v) is 3.48. The quantitative estimate of drug-likeness (QED) is 0.543. The average molecular weight is 422 g/mol. The first-order valence-corrected chi connectivity index (χ1v) is 7.57. The van der Waals surface area contributed by atoms with Crippen LogP contribution < -0.4 is 0 Å². The van der Waals surface area contributed by atoms with Gasteiger partial charge in [-0.2, -0.15) is 0 Å². The van der Waals surface area contributed by atoms with E-state index in [9.17, 15) is 8.42 Å². The number of hydrogen-bond acceptors (Lipinski definition) is 2. The van der Waals surface area contributed by atoms with Gasteiger partial charge in [-0.3, -0.25) is 0 Å². The summed E-state index contributed by atoms with van der Waals surface area (Å²) < 4.78 is 22.9. The molecule has 2 nitrogen and oxygen atoms in total. The van der Waals surface area contributed by atoms with E-state index in [4.69, 9.17) is 0 Å². The van der Waals surface area contributed by atoms with Crippen molar-refractivity contribution in [3.63, 3.8) is 0 Å². The summed E-state index contributed by atoms with van der Waals surface area (Å²) in [6.07, 6.45) is 0. The Bertz CT molecular complexity index is 398. The fraction of sp³-hybridized carbons (Fsp3) is 0.250. The molecule has 0 aromatic heterocycles. The van der Waals surface area contributed by atoms with Crippen LogP contribution >= 0.6 is 45.2 Å². The highest BCUT2D eigenvalue weighted by Crippen LogP contribution is 2.25. The molecule has 0 fully saturated rings. The van der Waals surface area contributed by atoms with Gasteiger partial charge in [0, 0.05) is 0 Å². The van der Waals surface area contributed by atoms with Gasteiger partial charge in [0.1, 0.15) is 0 Å². The molecule has 1 aromatic carbocycles. The summed E-state index contributed by atoms with van der Waals surface area (Å²) in [7, 11) is -3.13. The highest BCUT2D eigenvalue weighted by Gasteiger charge is 2.21. The van der Waals surface area contributed by atoms with Crippen molar-refractivity contribution in [3.05, 3.63) is 29.8 Å². The molecule has 0 unspecified atom stereocenters. The molecule has 0 spiro atoms. The van der Waals surface area contributed by atoms with Gasteiger partial charge in [0.05, 0.1) is 4.90 Å². The molecular weight excluding hydrogens is 414 g/mol. The zero-order valence-corrected chi connectivity index (χ0v) is 12.0. The second-order valence-electron chi connectivity index (χ2n) is 2.62. The Hall–Kier alpha value is 0.630. The maximum atomic E-state index is 11.7. The van der Waals surface area contributed by atoms with Crippen LogP contribution in [0.3, 0.4) is 0 Å². The molecule has 13 heavy (non-hydrogen) atoms. The summed E-state index contributed by atoms with van der Waals surface area (Å²) in [5.74, 6) is 0. The predicted molar refractivity (Wildman–Crippen MR) is 70.2 cm³/mol. The Morgan fingerprint density at radius 3 is 2.38 bits per heavy atom. The topological polar surface area (TPSA) is 34.1 Å². The van der Waals surface area contributed by atoms with Crippen molar-refractivity contribution in [3.8, 4) is 0 Å². The van der Waals surface area contributed by atoms with Crippen LogP contribution in [0.15, 0.2) is 29.2 Å². The van der Waals surface area contributed by atoms with E-state index in [1.54, 1.807) is 18.2 Å². The standard InChI is InChI=1S/C8H8I2O2S/c1-6-3-2-4-7(5-6)13(11,12)8(9)10/h2-5,8H,1H3. The molecule has 1 rings (SSSR count). The Labute approximate surface area is 105 Å². The summed E-state index contributed by atoms with van der Waals surface area (Å²) in [6.45, 7) is 1.88. The van der Waals surface area contributed by atoms with Crippen molar-refractivity contribution in [1.82, 2.24) is 0 Å². The number of halogens is 2. The molecule has 72 valence electrons. The predicted octanol–water partition coefficient (Wildman–Crippen LogP) is 2.92. The molecule has 0 aliphatic carbocycles. The Morgan fingerprint density at radius 2 is 1.92 bits per heavy atom. The molecule has 0 amide bonds. The largest absolute Gasteiger partial charge is 0.222 e. The molecule has 5 heteroatoms. The molecular formula is C8H8I2O2S. The number of rotatable bonds is 2. The lowest BCUT2D eigenvalue weighted by Gasteiger charge is -2.05. The number of sulfone groups is 1. The van der Waals surface area contributed by atoms with E-state index in [0.29, 0.717) is 4.90 Å². The van der Waals surface area contributed by atoms with Crippen molar-refractivity contribution < 1.29 is 8.42 Å². The highest BCUT2D eigenvalue weighted by molar-refractivity contribution is 14.2. The lowest BCUT2D eigenvalue weighted by Crippen LogP contribution is -2.08. The monoisotopic (exact) mass is 422 g/mol. The fourth-order valence-electron chi connectivity index (χ4n) is 0.895. The Morgan fingerprint density at radius 1 is 1.31 bits per heavy atom. The van der Waals surface area contributed by atoms with E-state index in [2.05, 4.69) is 0 Å². The lowest BCUT2D eigenvalue weighted by atomic mass is 10.2. The molecule has 0 saturated heterocycles. The van der Waals surface area contributed by atoms with Gasteiger partial charge in [0.15, 0.2) is 11.1 Å². The van der Waals surface area contributed by atoms with Crippen molar-refractivity contribution in [2.45, 2.75) is 13.1 Å². The van der Waals surface area contributed by atoms with Gasteiger partial charge in [-0.25, -0.2) is 8.42 Å². The van der Waals surface area contributed by atoms with Crippen LogP contribution in [0.2, 0.25) is 0 Å². The Balaban J connectivity index is 3.24. The zero-order valence-electron chi connectivity index (χ0n) is 6.87. The third-order valence-corrected chi connectivity index (χ3v) is 6.95. The highest BCUT2D eigenvalue weighted by atomic mass is 127. The number of aryl methyl sites for hydroxylation is 1. The van der Waals surface area contributed by atoms with Crippen molar-refractivity contribution >= 4 is 55.0 Å². The van der Waals surface area contributed by atoms with Crippen LogP contribution in [0.25, 0.3) is 0 Å². The van der Waals surface area contributed by atoms with Crippen LogP contribution in [0.5, 0.6) is 0 Å². The Kier molecular flexibility index (Phi) is 3.99. The molecule has 0 heterocycles. The van der Waals surface area contributed by atoms with Gasteiger partial charge in [0.25, 0.3) is 0 Å². The van der Waals surface area contributed by atoms with Crippen LogP contribution in [0, 0.1) is 6.92 Å². The van der Waals surface area contributed by atoms with Crippen LogP contribution in [0.4, 0.5) is 0 Å². The third-order valence-electron chi connectivity index (χ3n) is 1.55. The number of benzene rings is 1. The molecule has 0 aliphatic rings. The lowest BCUT2D eigenvalue weighted by molar-refractivity contribution is 0.600. The molecule has 1 aromatic rings. The molecule has 0 radical (unpaired) electrons. The van der Waals surface area contributed by atoms with Gasteiger partial charge < -0.3 is 0 Å². The summed E-state index contributed by atoms with van der Waals surface area (Å²) in [5, 5.41) is 0. The summed E-state index contributed by atoms with van der Waals surface area (Å²) >= 11 is 3.80. The molecule has 0 atom stereocenters. The van der Waals surface area contributed by atoms with Gasteiger partial charge in [-0.1, -0.05) is 57.3 Å². The van der Waals surface area contributed by atoms with Crippen LogP contribution in [-0.4, -0.2) is 9.68 Å². The summed E-state index contributed by atoms with van der Waals surface area (Å²) in [5.41, 5.74) is 0.967. The van der Waals surface area contributed by atoms with Gasteiger partial charge in [-0.05, 0) is 24.6 Å².